The van der Waals surface area contributed by atoms with Crippen molar-refractivity contribution in [1.29, 1.82) is 0 Å². The number of benzene rings is 2. The summed E-state index contributed by atoms with van der Waals surface area (Å²) in [7, 11) is 0. The van der Waals surface area contributed by atoms with Gasteiger partial charge in [0.2, 0.25) is 0 Å². The van der Waals surface area contributed by atoms with E-state index in [4.69, 9.17) is 5.11 Å². The molecule has 20 heavy (non-hydrogen) atoms. The molecule has 5 heteroatoms. The van der Waals surface area contributed by atoms with Crippen LogP contribution in [0.5, 0.6) is 0 Å². The minimum Gasteiger partial charge on any atom is -0.480 e. The molecule has 3 rings (SSSR count). The van der Waals surface area contributed by atoms with Crippen molar-refractivity contribution in [1.82, 2.24) is 4.90 Å². The molecule has 0 aliphatic carbocycles. The van der Waals surface area contributed by atoms with Crippen molar-refractivity contribution < 1.29 is 19.5 Å². The number of rotatable bonds is 2. The molecule has 2 aromatic rings. The van der Waals surface area contributed by atoms with Crippen LogP contribution in [0.15, 0.2) is 36.4 Å². The van der Waals surface area contributed by atoms with Crippen molar-refractivity contribution in [2.24, 2.45) is 0 Å². The second kappa shape index (κ2) is 4.16. The Bertz CT molecular complexity index is 715. The van der Waals surface area contributed by atoms with E-state index in [1.165, 1.54) is 6.92 Å². The highest BCUT2D eigenvalue weighted by Gasteiger charge is 2.38. The molecule has 0 saturated carbocycles. The van der Waals surface area contributed by atoms with Crippen molar-refractivity contribution in [2.45, 2.75) is 13.0 Å². The number of carbonyl (C=O) groups is 3. The largest absolute Gasteiger partial charge is 0.480 e. The second-order valence-corrected chi connectivity index (χ2v) is 4.70. The molecule has 0 aromatic heterocycles. The molecule has 5 nitrogen and oxygen atoms in total. The van der Waals surface area contributed by atoms with Crippen LogP contribution < -0.4 is 0 Å². The number of hydrogen-bond donors (Lipinski definition) is 1. The highest BCUT2D eigenvalue weighted by Crippen LogP contribution is 2.30. The lowest BCUT2D eigenvalue weighted by Crippen LogP contribution is -2.49. The number of hydrogen-bond acceptors (Lipinski definition) is 3. The highest BCUT2D eigenvalue weighted by molar-refractivity contribution is 6.26. The number of aliphatic carboxylic acids is 1. The maximum atomic E-state index is 12.4. The standard InChI is InChI=1S/C15H11NO4/c1-8(15(19)20)16-13(17)10-6-2-4-9-5-3-7-11(12(9)10)14(16)18/h2-8H,1H3,(H,19,20). The molecule has 1 aliphatic rings. The molecule has 0 fully saturated rings. The van der Waals surface area contributed by atoms with E-state index in [2.05, 4.69) is 0 Å². The highest BCUT2D eigenvalue weighted by atomic mass is 16.4. The minimum atomic E-state index is -1.21. The van der Waals surface area contributed by atoms with Crippen molar-refractivity contribution >= 4 is 28.6 Å². The van der Waals surface area contributed by atoms with E-state index in [-0.39, 0.29) is 0 Å². The summed E-state index contributed by atoms with van der Waals surface area (Å²) in [5, 5.41) is 10.5. The molecular formula is C15H11NO4. The van der Waals surface area contributed by atoms with Crippen molar-refractivity contribution in [3.63, 3.8) is 0 Å². The van der Waals surface area contributed by atoms with Gasteiger partial charge >= 0.3 is 5.97 Å². The number of carboxylic acids is 1. The van der Waals surface area contributed by atoms with Crippen LogP contribution in [-0.2, 0) is 4.79 Å². The Labute approximate surface area is 114 Å². The summed E-state index contributed by atoms with van der Waals surface area (Å²) >= 11 is 0. The SMILES string of the molecule is CC(C(=O)O)N1C(=O)c2cccc3cccc(c23)C1=O. The third kappa shape index (κ3) is 1.53. The lowest BCUT2D eigenvalue weighted by atomic mass is 9.93. The Morgan fingerprint density at radius 1 is 1.05 bits per heavy atom. The maximum absolute atomic E-state index is 12.4. The molecule has 1 aliphatic heterocycles. The Morgan fingerprint density at radius 2 is 1.55 bits per heavy atom. The molecule has 0 spiro atoms. The number of carboxylic acid groups (broad SMARTS) is 1. The van der Waals surface area contributed by atoms with E-state index >= 15 is 0 Å². The zero-order chi connectivity index (χ0) is 14.4. The maximum Gasteiger partial charge on any atom is 0.326 e. The van der Waals surface area contributed by atoms with E-state index < -0.39 is 23.8 Å². The predicted molar refractivity (Wildman–Crippen MR) is 71.5 cm³/mol. The minimum absolute atomic E-state index is 0.366. The van der Waals surface area contributed by atoms with Gasteiger partial charge in [-0.05, 0) is 24.4 Å². The van der Waals surface area contributed by atoms with Crippen LogP contribution in [0.2, 0.25) is 0 Å². The number of imide groups is 1. The van der Waals surface area contributed by atoms with Gasteiger partial charge in [-0.2, -0.15) is 0 Å². The van der Waals surface area contributed by atoms with Crippen LogP contribution in [0, 0.1) is 0 Å². The summed E-state index contributed by atoms with van der Waals surface area (Å²) in [5.74, 6) is -2.33. The van der Waals surface area contributed by atoms with Crippen LogP contribution in [0.4, 0.5) is 0 Å². The van der Waals surface area contributed by atoms with Gasteiger partial charge in [-0.3, -0.25) is 14.5 Å². The molecule has 1 N–H and O–H groups in total. The quantitative estimate of drug-likeness (QED) is 0.845. The van der Waals surface area contributed by atoms with E-state index in [1.54, 1.807) is 24.3 Å². The molecular weight excluding hydrogens is 258 g/mol. The molecule has 1 unspecified atom stereocenters. The van der Waals surface area contributed by atoms with E-state index in [1.807, 2.05) is 12.1 Å². The monoisotopic (exact) mass is 269 g/mol. The van der Waals surface area contributed by atoms with E-state index in [0.717, 1.165) is 10.3 Å². The molecule has 2 amide bonds. The van der Waals surface area contributed by atoms with Gasteiger partial charge in [-0.15, -0.1) is 0 Å². The van der Waals surface area contributed by atoms with Gasteiger partial charge in [0.1, 0.15) is 6.04 Å². The fourth-order valence-electron chi connectivity index (χ4n) is 2.51. The molecule has 100 valence electrons. The van der Waals surface area contributed by atoms with Gasteiger partial charge < -0.3 is 5.11 Å². The second-order valence-electron chi connectivity index (χ2n) is 4.70. The average molecular weight is 269 g/mol. The van der Waals surface area contributed by atoms with Crippen LogP contribution in [0.1, 0.15) is 27.6 Å². The van der Waals surface area contributed by atoms with E-state index in [0.29, 0.717) is 16.5 Å². The summed E-state index contributed by atoms with van der Waals surface area (Å²) in [5.41, 5.74) is 0.733. The average Bonchev–Trinajstić information content (AvgIpc) is 2.44. The van der Waals surface area contributed by atoms with Crippen LogP contribution >= 0.6 is 0 Å². The van der Waals surface area contributed by atoms with Crippen LogP contribution in [0.3, 0.4) is 0 Å². The first-order valence-electron chi connectivity index (χ1n) is 6.15. The Kier molecular flexibility index (Phi) is 2.57. The summed E-state index contributed by atoms with van der Waals surface area (Å²) in [6, 6.07) is 9.11. The van der Waals surface area contributed by atoms with Gasteiger partial charge in [0.05, 0.1) is 0 Å². The third-order valence-electron chi connectivity index (χ3n) is 3.55. The Balaban J connectivity index is 2.29. The molecule has 1 atom stereocenters. The van der Waals surface area contributed by atoms with E-state index in [9.17, 15) is 14.4 Å². The van der Waals surface area contributed by atoms with Crippen molar-refractivity contribution in [3.8, 4) is 0 Å². The third-order valence-corrected chi connectivity index (χ3v) is 3.55. The predicted octanol–water partition coefficient (Wildman–Crippen LogP) is 1.91. The first-order chi connectivity index (χ1) is 9.52. The first-order valence-corrected chi connectivity index (χ1v) is 6.15. The molecule has 0 saturated heterocycles. The number of amides is 2. The van der Waals surface area contributed by atoms with Gasteiger partial charge in [-0.1, -0.05) is 24.3 Å². The van der Waals surface area contributed by atoms with Crippen LogP contribution in [0.25, 0.3) is 10.8 Å². The molecule has 1 heterocycles. The van der Waals surface area contributed by atoms with Gasteiger partial charge in [0.25, 0.3) is 11.8 Å². The number of carbonyl (C=O) groups excluding carboxylic acids is 2. The smallest absolute Gasteiger partial charge is 0.326 e. The Morgan fingerprint density at radius 3 is 2.00 bits per heavy atom. The summed E-state index contributed by atoms with van der Waals surface area (Å²) < 4.78 is 0. The Hall–Kier alpha value is -2.69. The summed E-state index contributed by atoms with van der Waals surface area (Å²) in [6.45, 7) is 1.33. The van der Waals surface area contributed by atoms with Gasteiger partial charge in [0.15, 0.2) is 0 Å². The fourth-order valence-corrected chi connectivity index (χ4v) is 2.51. The fraction of sp³-hybridized carbons (Fsp3) is 0.133. The normalized spacial score (nSPS) is 15.6. The molecule has 0 bridgehead atoms. The summed E-state index contributed by atoms with van der Waals surface area (Å²) in [6.07, 6.45) is 0. The summed E-state index contributed by atoms with van der Waals surface area (Å²) in [4.78, 5) is 36.7. The van der Waals surface area contributed by atoms with Gasteiger partial charge in [0, 0.05) is 16.5 Å². The first kappa shape index (κ1) is 12.3. The molecule has 2 aromatic carbocycles. The zero-order valence-electron chi connectivity index (χ0n) is 10.7. The lowest BCUT2D eigenvalue weighted by molar-refractivity contribution is -0.141. The zero-order valence-corrected chi connectivity index (χ0v) is 10.7. The van der Waals surface area contributed by atoms with Crippen LogP contribution in [-0.4, -0.2) is 33.8 Å². The van der Waals surface area contributed by atoms with Gasteiger partial charge in [-0.25, -0.2) is 4.79 Å². The lowest BCUT2D eigenvalue weighted by Gasteiger charge is -2.29. The molecule has 0 radical (unpaired) electrons. The number of nitrogens with zero attached hydrogens (tertiary/aromatic N) is 1. The topological polar surface area (TPSA) is 74.7 Å². The van der Waals surface area contributed by atoms with Crippen molar-refractivity contribution in [3.05, 3.63) is 47.5 Å². The van der Waals surface area contributed by atoms with Crippen molar-refractivity contribution in [2.75, 3.05) is 0 Å².